The normalized spacial score (nSPS) is 10.2. The molecule has 2 N–H and O–H groups in total. The van der Waals surface area contributed by atoms with Gasteiger partial charge in [-0.05, 0) is 36.8 Å². The summed E-state index contributed by atoms with van der Waals surface area (Å²) in [7, 11) is 0. The molecule has 1 amide bonds. The number of hydrogen-bond donors (Lipinski definition) is 2. The van der Waals surface area contributed by atoms with Crippen LogP contribution in [0.4, 0.5) is 11.4 Å². The summed E-state index contributed by atoms with van der Waals surface area (Å²) in [5.74, 6) is -0.141. The van der Waals surface area contributed by atoms with E-state index in [1.165, 1.54) is 0 Å². The van der Waals surface area contributed by atoms with E-state index in [1.807, 2.05) is 37.3 Å². The van der Waals surface area contributed by atoms with Crippen molar-refractivity contribution in [2.75, 3.05) is 17.2 Å². The molecule has 0 saturated heterocycles. The quantitative estimate of drug-likeness (QED) is 0.852. The van der Waals surface area contributed by atoms with E-state index in [4.69, 9.17) is 11.6 Å². The van der Waals surface area contributed by atoms with Gasteiger partial charge in [0, 0.05) is 10.2 Å². The van der Waals surface area contributed by atoms with Crippen molar-refractivity contribution in [2.24, 2.45) is 0 Å². The molecule has 0 atom stereocenters. The van der Waals surface area contributed by atoms with Crippen LogP contribution >= 0.6 is 27.5 Å². The van der Waals surface area contributed by atoms with Crippen molar-refractivity contribution >= 4 is 44.8 Å². The Labute approximate surface area is 131 Å². The fraction of sp³-hybridized carbons (Fsp3) is 0.133. The third-order valence-corrected chi connectivity index (χ3v) is 3.61. The summed E-state index contributed by atoms with van der Waals surface area (Å²) in [5.41, 5.74) is 2.62. The van der Waals surface area contributed by atoms with E-state index in [1.54, 1.807) is 12.1 Å². The average Bonchev–Trinajstić information content (AvgIpc) is 2.42. The van der Waals surface area contributed by atoms with Crippen LogP contribution in [-0.4, -0.2) is 12.5 Å². The minimum atomic E-state index is -0.141. The lowest BCUT2D eigenvalue weighted by molar-refractivity contribution is -0.114. The Morgan fingerprint density at radius 1 is 1.20 bits per heavy atom. The van der Waals surface area contributed by atoms with E-state index < -0.39 is 0 Å². The van der Waals surface area contributed by atoms with Crippen LogP contribution in [0.25, 0.3) is 0 Å². The summed E-state index contributed by atoms with van der Waals surface area (Å²) < 4.78 is 0.970. The smallest absolute Gasteiger partial charge is 0.243 e. The minimum absolute atomic E-state index is 0.141. The monoisotopic (exact) mass is 352 g/mol. The van der Waals surface area contributed by atoms with Gasteiger partial charge in [0.05, 0.1) is 17.3 Å². The average molecular weight is 354 g/mol. The van der Waals surface area contributed by atoms with E-state index in [2.05, 4.69) is 26.6 Å². The highest BCUT2D eigenvalue weighted by Crippen LogP contribution is 2.21. The second kappa shape index (κ2) is 6.77. The lowest BCUT2D eigenvalue weighted by atomic mass is 10.2. The largest absolute Gasteiger partial charge is 0.376 e. The van der Waals surface area contributed by atoms with Gasteiger partial charge in [-0.25, -0.2) is 0 Å². The molecule has 2 aromatic carbocycles. The number of carbonyl (C=O) groups excluding carboxylic acids is 1. The molecular weight excluding hydrogens is 340 g/mol. The number of aryl methyl sites for hydroxylation is 1. The lowest BCUT2D eigenvalue weighted by Crippen LogP contribution is -2.22. The molecule has 0 fully saturated rings. The first-order valence-corrected chi connectivity index (χ1v) is 7.28. The molecule has 0 unspecified atom stereocenters. The first-order chi connectivity index (χ1) is 9.56. The van der Waals surface area contributed by atoms with Gasteiger partial charge in [0.25, 0.3) is 0 Å². The highest BCUT2D eigenvalue weighted by Gasteiger charge is 2.06. The SMILES string of the molecule is Cc1ccc(Br)cc1NCC(=O)Nc1ccccc1Cl. The number of carbonyl (C=O) groups is 1. The van der Waals surface area contributed by atoms with Gasteiger partial charge in [0.2, 0.25) is 5.91 Å². The number of amides is 1. The predicted octanol–water partition coefficient (Wildman–Crippen LogP) is 4.46. The van der Waals surface area contributed by atoms with Crippen molar-refractivity contribution in [3.63, 3.8) is 0 Å². The molecule has 0 spiro atoms. The molecule has 0 aromatic heterocycles. The van der Waals surface area contributed by atoms with Gasteiger partial charge < -0.3 is 10.6 Å². The van der Waals surface area contributed by atoms with Crippen molar-refractivity contribution in [3.05, 3.63) is 57.5 Å². The Bertz CT molecular complexity index is 631. The van der Waals surface area contributed by atoms with Gasteiger partial charge >= 0.3 is 0 Å². The fourth-order valence-corrected chi connectivity index (χ4v) is 2.26. The topological polar surface area (TPSA) is 41.1 Å². The molecule has 2 aromatic rings. The highest BCUT2D eigenvalue weighted by molar-refractivity contribution is 9.10. The first-order valence-electron chi connectivity index (χ1n) is 6.10. The van der Waals surface area contributed by atoms with E-state index in [9.17, 15) is 4.79 Å². The van der Waals surface area contributed by atoms with E-state index >= 15 is 0 Å². The number of rotatable bonds is 4. The lowest BCUT2D eigenvalue weighted by Gasteiger charge is -2.11. The number of anilines is 2. The van der Waals surface area contributed by atoms with Crippen molar-refractivity contribution < 1.29 is 4.79 Å². The van der Waals surface area contributed by atoms with Crippen LogP contribution in [0.1, 0.15) is 5.56 Å². The van der Waals surface area contributed by atoms with Crippen molar-refractivity contribution in [1.82, 2.24) is 0 Å². The number of benzene rings is 2. The maximum atomic E-state index is 11.9. The van der Waals surface area contributed by atoms with E-state index in [-0.39, 0.29) is 12.5 Å². The number of hydrogen-bond acceptors (Lipinski definition) is 2. The molecule has 20 heavy (non-hydrogen) atoms. The van der Waals surface area contributed by atoms with Crippen molar-refractivity contribution in [1.29, 1.82) is 0 Å². The Morgan fingerprint density at radius 2 is 1.95 bits per heavy atom. The van der Waals surface area contributed by atoms with Crippen molar-refractivity contribution in [3.8, 4) is 0 Å². The zero-order valence-electron chi connectivity index (χ0n) is 10.9. The maximum absolute atomic E-state index is 11.9. The van der Waals surface area contributed by atoms with E-state index in [0.717, 1.165) is 15.7 Å². The molecule has 2 rings (SSSR count). The predicted molar refractivity (Wildman–Crippen MR) is 87.5 cm³/mol. The van der Waals surface area contributed by atoms with Crippen LogP contribution in [0.15, 0.2) is 46.9 Å². The van der Waals surface area contributed by atoms with Crippen LogP contribution in [0.5, 0.6) is 0 Å². The van der Waals surface area contributed by atoms with Crippen LogP contribution < -0.4 is 10.6 Å². The second-order valence-electron chi connectivity index (χ2n) is 4.34. The Kier molecular flexibility index (Phi) is 5.04. The number of para-hydroxylation sites is 1. The molecule has 0 saturated carbocycles. The van der Waals surface area contributed by atoms with Crippen LogP contribution in [0.3, 0.4) is 0 Å². The molecule has 3 nitrogen and oxygen atoms in total. The molecule has 0 aliphatic heterocycles. The Balaban J connectivity index is 1.96. The molecule has 0 aliphatic rings. The molecule has 0 radical (unpaired) electrons. The second-order valence-corrected chi connectivity index (χ2v) is 5.66. The number of halogens is 2. The van der Waals surface area contributed by atoms with Gasteiger partial charge in [-0.1, -0.05) is 45.7 Å². The zero-order valence-corrected chi connectivity index (χ0v) is 13.3. The summed E-state index contributed by atoms with van der Waals surface area (Å²) in [6.07, 6.45) is 0. The highest BCUT2D eigenvalue weighted by atomic mass is 79.9. The van der Waals surface area contributed by atoms with Crippen molar-refractivity contribution in [2.45, 2.75) is 6.92 Å². The molecule has 5 heteroatoms. The summed E-state index contributed by atoms with van der Waals surface area (Å²) >= 11 is 9.40. The van der Waals surface area contributed by atoms with Gasteiger partial charge in [-0.3, -0.25) is 4.79 Å². The molecule has 104 valence electrons. The summed E-state index contributed by atoms with van der Waals surface area (Å²) in [4.78, 5) is 11.9. The van der Waals surface area contributed by atoms with Gasteiger partial charge in [-0.2, -0.15) is 0 Å². The third kappa shape index (κ3) is 3.99. The minimum Gasteiger partial charge on any atom is -0.376 e. The van der Waals surface area contributed by atoms with Crippen LogP contribution in [0, 0.1) is 6.92 Å². The van der Waals surface area contributed by atoms with Gasteiger partial charge in [0.15, 0.2) is 0 Å². The number of nitrogens with one attached hydrogen (secondary N) is 2. The Hall–Kier alpha value is -1.52. The summed E-state index contributed by atoms with van der Waals surface area (Å²) in [6.45, 7) is 2.17. The molecule has 0 bridgehead atoms. The third-order valence-electron chi connectivity index (χ3n) is 2.79. The standard InChI is InChI=1S/C15H14BrClN2O/c1-10-6-7-11(16)8-14(10)18-9-15(20)19-13-5-3-2-4-12(13)17/h2-8,18H,9H2,1H3,(H,19,20). The molecule has 0 aliphatic carbocycles. The summed E-state index contributed by atoms with van der Waals surface area (Å²) in [6, 6.07) is 13.0. The Morgan fingerprint density at radius 3 is 2.70 bits per heavy atom. The van der Waals surface area contributed by atoms with Gasteiger partial charge in [0.1, 0.15) is 0 Å². The zero-order chi connectivity index (χ0) is 14.5. The molecule has 0 heterocycles. The summed E-state index contributed by atoms with van der Waals surface area (Å²) in [5, 5.41) is 6.40. The fourth-order valence-electron chi connectivity index (χ4n) is 1.72. The van der Waals surface area contributed by atoms with Crippen LogP contribution in [0.2, 0.25) is 5.02 Å². The van der Waals surface area contributed by atoms with Crippen LogP contribution in [-0.2, 0) is 4.79 Å². The maximum Gasteiger partial charge on any atom is 0.243 e. The first kappa shape index (κ1) is 14.9. The molecular formula is C15H14BrClN2O. The van der Waals surface area contributed by atoms with E-state index in [0.29, 0.717) is 10.7 Å². The van der Waals surface area contributed by atoms with Gasteiger partial charge in [-0.15, -0.1) is 0 Å².